The number of benzene rings is 3. The second-order valence-corrected chi connectivity index (χ2v) is 10.4. The van der Waals surface area contributed by atoms with E-state index in [-0.39, 0.29) is 17.3 Å². The Hall–Kier alpha value is -3.65. The topological polar surface area (TPSA) is 86.8 Å². The van der Waals surface area contributed by atoms with Gasteiger partial charge in [-0.3, -0.25) is 13.9 Å². The zero-order valence-electron chi connectivity index (χ0n) is 21.1. The van der Waals surface area contributed by atoms with Crippen molar-refractivity contribution in [3.05, 3.63) is 95.6 Å². The molecule has 0 spiro atoms. The van der Waals surface area contributed by atoms with Crippen LogP contribution < -0.4 is 9.62 Å². The van der Waals surface area contributed by atoms with Gasteiger partial charge in [-0.05, 0) is 61.2 Å². The van der Waals surface area contributed by atoms with Gasteiger partial charge in [0.15, 0.2) is 0 Å². The predicted molar refractivity (Wildman–Crippen MR) is 142 cm³/mol. The molecule has 0 aliphatic heterocycles. The van der Waals surface area contributed by atoms with Crippen molar-refractivity contribution in [2.75, 3.05) is 17.9 Å². The fourth-order valence-electron chi connectivity index (χ4n) is 3.91. The summed E-state index contributed by atoms with van der Waals surface area (Å²) in [6, 6.07) is 22.0. The molecular weight excluding hydrogens is 474 g/mol. The smallest absolute Gasteiger partial charge is 0.264 e. The Morgan fingerprint density at radius 3 is 2.11 bits per heavy atom. The van der Waals surface area contributed by atoms with Crippen molar-refractivity contribution in [2.45, 2.75) is 44.7 Å². The zero-order valence-corrected chi connectivity index (χ0v) is 22.0. The number of nitrogens with zero attached hydrogens (tertiary/aromatic N) is 2. The van der Waals surface area contributed by atoms with Crippen LogP contribution in [0, 0.1) is 6.92 Å². The van der Waals surface area contributed by atoms with Gasteiger partial charge >= 0.3 is 0 Å². The molecule has 0 saturated carbocycles. The highest BCUT2D eigenvalue weighted by Crippen LogP contribution is 2.25. The lowest BCUT2D eigenvalue weighted by molar-refractivity contribution is -0.139. The second-order valence-electron chi connectivity index (χ2n) is 8.58. The summed E-state index contributed by atoms with van der Waals surface area (Å²) < 4.78 is 28.5. The first-order valence-electron chi connectivity index (χ1n) is 11.9. The number of hydrogen-bond donors (Lipinski definition) is 1. The van der Waals surface area contributed by atoms with Gasteiger partial charge in [0.05, 0.1) is 10.6 Å². The number of amides is 2. The molecule has 3 aromatic carbocycles. The summed E-state index contributed by atoms with van der Waals surface area (Å²) >= 11 is 0. The van der Waals surface area contributed by atoms with Gasteiger partial charge in [0.1, 0.15) is 12.6 Å². The molecule has 36 heavy (non-hydrogen) atoms. The van der Waals surface area contributed by atoms with E-state index in [0.29, 0.717) is 5.69 Å². The Labute approximate surface area is 213 Å². The zero-order chi connectivity index (χ0) is 26.3. The molecule has 190 valence electrons. The van der Waals surface area contributed by atoms with Gasteiger partial charge in [0, 0.05) is 13.6 Å². The third-order valence-corrected chi connectivity index (χ3v) is 8.05. The van der Waals surface area contributed by atoms with E-state index < -0.39 is 28.5 Å². The fourth-order valence-corrected chi connectivity index (χ4v) is 5.34. The standard InChI is InChI=1S/C28H33N3O4S/c1-5-23-15-17-25(18-16-23)31(36(34,35)26-13-7-6-8-14-26)20-27(32)30(22(3)28(33)29-4)19-24-12-10-9-11-21(24)2/h6-18,22H,5,19-20H2,1-4H3,(H,29,33)/t22-/m1/s1. The first kappa shape index (κ1) is 26.9. The van der Waals surface area contributed by atoms with Crippen molar-refractivity contribution in [3.63, 3.8) is 0 Å². The first-order chi connectivity index (χ1) is 17.2. The van der Waals surface area contributed by atoms with Crippen LogP contribution >= 0.6 is 0 Å². The highest BCUT2D eigenvalue weighted by molar-refractivity contribution is 7.92. The van der Waals surface area contributed by atoms with Crippen molar-refractivity contribution in [1.29, 1.82) is 0 Å². The maximum Gasteiger partial charge on any atom is 0.264 e. The third-order valence-electron chi connectivity index (χ3n) is 6.26. The summed E-state index contributed by atoms with van der Waals surface area (Å²) in [6.07, 6.45) is 0.804. The maximum atomic E-state index is 13.7. The molecule has 2 amide bonds. The van der Waals surface area contributed by atoms with Crippen LogP contribution in [0.4, 0.5) is 5.69 Å². The summed E-state index contributed by atoms with van der Waals surface area (Å²) in [7, 11) is -2.54. The first-order valence-corrected chi connectivity index (χ1v) is 13.3. The van der Waals surface area contributed by atoms with E-state index in [0.717, 1.165) is 27.4 Å². The number of carbonyl (C=O) groups excluding carboxylic acids is 2. The van der Waals surface area contributed by atoms with Crippen molar-refractivity contribution < 1.29 is 18.0 Å². The molecule has 0 aromatic heterocycles. The molecule has 0 saturated heterocycles. The monoisotopic (exact) mass is 507 g/mol. The molecule has 1 atom stereocenters. The normalized spacial score (nSPS) is 12.0. The van der Waals surface area contributed by atoms with Gasteiger partial charge in [-0.2, -0.15) is 0 Å². The van der Waals surface area contributed by atoms with Crippen LogP contribution in [0.3, 0.4) is 0 Å². The lowest BCUT2D eigenvalue weighted by Gasteiger charge is -2.32. The van der Waals surface area contributed by atoms with Gasteiger partial charge < -0.3 is 10.2 Å². The molecular formula is C28H33N3O4S. The summed E-state index contributed by atoms with van der Waals surface area (Å²) in [4.78, 5) is 27.8. The summed E-state index contributed by atoms with van der Waals surface area (Å²) in [5, 5.41) is 2.59. The van der Waals surface area contributed by atoms with Gasteiger partial charge in [-0.1, -0.05) is 61.5 Å². The Balaban J connectivity index is 2.03. The number of nitrogens with one attached hydrogen (secondary N) is 1. The van der Waals surface area contributed by atoms with Crippen LogP contribution in [0.5, 0.6) is 0 Å². The number of sulfonamides is 1. The number of hydrogen-bond acceptors (Lipinski definition) is 4. The lowest BCUT2D eigenvalue weighted by Crippen LogP contribution is -2.50. The third kappa shape index (κ3) is 6.12. The number of anilines is 1. The average molecular weight is 508 g/mol. The molecule has 0 fully saturated rings. The highest BCUT2D eigenvalue weighted by atomic mass is 32.2. The largest absolute Gasteiger partial charge is 0.357 e. The summed E-state index contributed by atoms with van der Waals surface area (Å²) in [5.74, 6) is -0.810. The molecule has 8 heteroatoms. The molecule has 1 N–H and O–H groups in total. The van der Waals surface area contributed by atoms with E-state index in [1.54, 1.807) is 37.3 Å². The quantitative estimate of drug-likeness (QED) is 0.451. The van der Waals surface area contributed by atoms with Crippen LogP contribution in [0.1, 0.15) is 30.5 Å². The molecule has 7 nitrogen and oxygen atoms in total. The van der Waals surface area contributed by atoms with Crippen molar-refractivity contribution in [1.82, 2.24) is 10.2 Å². The maximum absolute atomic E-state index is 13.7. The predicted octanol–water partition coefficient (Wildman–Crippen LogP) is 3.92. The van der Waals surface area contributed by atoms with E-state index in [4.69, 9.17) is 0 Å². The van der Waals surface area contributed by atoms with Gasteiger partial charge in [-0.25, -0.2) is 8.42 Å². The van der Waals surface area contributed by atoms with Crippen LogP contribution in [-0.2, 0) is 32.6 Å². The molecule has 0 unspecified atom stereocenters. The number of carbonyl (C=O) groups is 2. The minimum absolute atomic E-state index is 0.0853. The van der Waals surface area contributed by atoms with E-state index in [1.807, 2.05) is 50.2 Å². The van der Waals surface area contributed by atoms with Crippen LogP contribution in [0.15, 0.2) is 83.8 Å². The molecule has 3 aromatic rings. The van der Waals surface area contributed by atoms with E-state index in [9.17, 15) is 18.0 Å². The Kier molecular flexibility index (Phi) is 8.88. The van der Waals surface area contributed by atoms with Gasteiger partial charge in [0.25, 0.3) is 10.0 Å². The molecule has 0 radical (unpaired) electrons. The van der Waals surface area contributed by atoms with Gasteiger partial charge in [-0.15, -0.1) is 0 Å². The molecule has 0 aliphatic rings. The van der Waals surface area contributed by atoms with Crippen LogP contribution in [0.25, 0.3) is 0 Å². The Morgan fingerprint density at radius 2 is 1.53 bits per heavy atom. The van der Waals surface area contributed by atoms with Crippen LogP contribution in [-0.4, -0.2) is 44.8 Å². The van der Waals surface area contributed by atoms with E-state index in [2.05, 4.69) is 5.32 Å². The second kappa shape index (κ2) is 11.9. The highest BCUT2D eigenvalue weighted by Gasteiger charge is 2.32. The van der Waals surface area contributed by atoms with Crippen molar-refractivity contribution in [3.8, 4) is 0 Å². The summed E-state index contributed by atoms with van der Waals surface area (Å²) in [5.41, 5.74) is 3.29. The number of likely N-dealkylation sites (N-methyl/N-ethyl adjacent to an activating group) is 1. The van der Waals surface area contributed by atoms with Crippen molar-refractivity contribution >= 4 is 27.5 Å². The molecule has 0 bridgehead atoms. The van der Waals surface area contributed by atoms with Crippen molar-refractivity contribution in [2.24, 2.45) is 0 Å². The molecule has 0 heterocycles. The minimum atomic E-state index is -4.05. The fraction of sp³-hybridized carbons (Fsp3) is 0.286. The Bertz CT molecular complexity index is 1290. The SMILES string of the molecule is CCc1ccc(N(CC(=O)N(Cc2ccccc2C)[C@H](C)C(=O)NC)S(=O)(=O)c2ccccc2)cc1. The average Bonchev–Trinajstić information content (AvgIpc) is 2.90. The summed E-state index contributed by atoms with van der Waals surface area (Å²) in [6.45, 7) is 5.32. The lowest BCUT2D eigenvalue weighted by atomic mass is 10.1. The Morgan fingerprint density at radius 1 is 0.917 bits per heavy atom. The van der Waals surface area contributed by atoms with E-state index >= 15 is 0 Å². The number of aryl methyl sites for hydroxylation is 2. The van der Waals surface area contributed by atoms with E-state index in [1.165, 1.54) is 24.1 Å². The van der Waals surface area contributed by atoms with Crippen LogP contribution in [0.2, 0.25) is 0 Å². The number of rotatable bonds is 10. The molecule has 0 aliphatic carbocycles. The van der Waals surface area contributed by atoms with Gasteiger partial charge in [0.2, 0.25) is 11.8 Å². The minimum Gasteiger partial charge on any atom is -0.357 e. The molecule has 3 rings (SSSR count).